The molecular weight excluding hydrogens is 379 g/mol. The number of nitrogens with one attached hydrogen (secondary N) is 1. The summed E-state index contributed by atoms with van der Waals surface area (Å²) in [5, 5.41) is 3.14. The van der Waals surface area contributed by atoms with Crippen LogP contribution in [-0.4, -0.2) is 33.3 Å². The molecule has 0 saturated heterocycles. The zero-order valence-corrected chi connectivity index (χ0v) is 16.2. The van der Waals surface area contributed by atoms with Crippen LogP contribution in [0.15, 0.2) is 36.4 Å². The molecule has 0 aliphatic heterocycles. The number of benzene rings is 2. The van der Waals surface area contributed by atoms with E-state index < -0.39 is 0 Å². The molecule has 0 bridgehead atoms. The lowest BCUT2D eigenvalue weighted by molar-refractivity contribution is 0.0948. The molecule has 2 aromatic rings. The van der Waals surface area contributed by atoms with Gasteiger partial charge in [0.25, 0.3) is 5.91 Å². The van der Waals surface area contributed by atoms with Gasteiger partial charge in [0.2, 0.25) is 0 Å². The molecule has 1 amide bonds. The Morgan fingerprint density at radius 2 is 1.96 bits per heavy atom. The molecule has 8 heteroatoms. The van der Waals surface area contributed by atoms with Crippen molar-refractivity contribution in [2.45, 2.75) is 6.54 Å². The van der Waals surface area contributed by atoms with E-state index in [4.69, 9.17) is 31.5 Å². The van der Waals surface area contributed by atoms with E-state index in [9.17, 15) is 4.79 Å². The second-order valence-corrected chi connectivity index (χ2v) is 5.65. The largest absolute Gasteiger partial charge is 0.496 e. The maximum absolute atomic E-state index is 12.4. The summed E-state index contributed by atoms with van der Waals surface area (Å²) in [6.07, 6.45) is 0. The van der Waals surface area contributed by atoms with Gasteiger partial charge in [-0.3, -0.25) is 4.79 Å². The number of methoxy groups -OCH3 is 2. The first kappa shape index (κ1) is 21.9. The molecule has 0 radical (unpaired) electrons. The van der Waals surface area contributed by atoms with Gasteiger partial charge in [-0.15, -0.1) is 12.4 Å². The van der Waals surface area contributed by atoms with Gasteiger partial charge in [-0.1, -0.05) is 23.7 Å². The SMILES string of the molecule is COCCOc1cccc(CNC(=O)c2cc(Cl)c(N)cc2OC)c1.Cl. The Kier molecular flexibility index (Phi) is 9.05. The fourth-order valence-electron chi connectivity index (χ4n) is 2.18. The maximum atomic E-state index is 12.4. The van der Waals surface area contributed by atoms with Gasteiger partial charge >= 0.3 is 0 Å². The van der Waals surface area contributed by atoms with Crippen LogP contribution in [0.3, 0.4) is 0 Å². The molecule has 0 saturated carbocycles. The van der Waals surface area contributed by atoms with Gasteiger partial charge in [0.05, 0.1) is 30.0 Å². The van der Waals surface area contributed by atoms with E-state index in [0.29, 0.717) is 41.8 Å². The van der Waals surface area contributed by atoms with Crippen LogP contribution in [-0.2, 0) is 11.3 Å². The van der Waals surface area contributed by atoms with Crippen LogP contribution < -0.4 is 20.5 Å². The van der Waals surface area contributed by atoms with Crippen molar-refractivity contribution in [3.05, 3.63) is 52.5 Å². The highest BCUT2D eigenvalue weighted by Gasteiger charge is 2.15. The lowest BCUT2D eigenvalue weighted by atomic mass is 10.1. The molecule has 0 spiro atoms. The standard InChI is InChI=1S/C18H21ClN2O4.ClH/c1-23-6-7-25-13-5-3-4-12(8-13)11-21-18(22)14-9-15(19)16(20)10-17(14)24-2;/h3-5,8-10H,6-7,11,20H2,1-2H3,(H,21,22);1H. The van der Waals surface area contributed by atoms with Gasteiger partial charge in [0.1, 0.15) is 18.1 Å². The number of halogens is 2. The molecule has 0 aliphatic carbocycles. The number of hydrogen-bond donors (Lipinski definition) is 2. The van der Waals surface area contributed by atoms with Crippen LogP contribution in [0, 0.1) is 0 Å². The average molecular weight is 401 g/mol. The average Bonchev–Trinajstić information content (AvgIpc) is 2.62. The van der Waals surface area contributed by atoms with E-state index in [1.165, 1.54) is 19.2 Å². The number of amides is 1. The summed E-state index contributed by atoms with van der Waals surface area (Å²) in [6.45, 7) is 1.32. The normalized spacial score (nSPS) is 9.96. The Hall–Kier alpha value is -2.15. The van der Waals surface area contributed by atoms with E-state index in [1.54, 1.807) is 7.11 Å². The van der Waals surface area contributed by atoms with E-state index in [2.05, 4.69) is 5.32 Å². The fourth-order valence-corrected chi connectivity index (χ4v) is 2.34. The van der Waals surface area contributed by atoms with Gasteiger partial charge < -0.3 is 25.3 Å². The summed E-state index contributed by atoms with van der Waals surface area (Å²) < 4.78 is 15.7. The summed E-state index contributed by atoms with van der Waals surface area (Å²) in [7, 11) is 3.09. The predicted molar refractivity (Wildman–Crippen MR) is 105 cm³/mol. The number of carbonyl (C=O) groups excluding carboxylic acids is 1. The molecule has 0 aromatic heterocycles. The van der Waals surface area contributed by atoms with Gasteiger partial charge in [-0.2, -0.15) is 0 Å². The Balaban J connectivity index is 0.00000338. The topological polar surface area (TPSA) is 82.8 Å². The van der Waals surface area contributed by atoms with Crippen LogP contribution in [0.4, 0.5) is 5.69 Å². The molecule has 6 nitrogen and oxygen atoms in total. The Labute approximate surface area is 164 Å². The van der Waals surface area contributed by atoms with Crippen molar-refractivity contribution in [2.75, 3.05) is 33.2 Å². The quantitative estimate of drug-likeness (QED) is 0.524. The second-order valence-electron chi connectivity index (χ2n) is 5.25. The van der Waals surface area contributed by atoms with Crippen molar-refractivity contribution >= 4 is 35.6 Å². The Morgan fingerprint density at radius 1 is 1.19 bits per heavy atom. The summed E-state index contributed by atoms with van der Waals surface area (Å²) in [5.41, 5.74) is 7.32. The van der Waals surface area contributed by atoms with Gasteiger partial charge in [-0.05, 0) is 23.8 Å². The number of rotatable bonds is 8. The van der Waals surface area contributed by atoms with Crippen molar-refractivity contribution < 1.29 is 19.0 Å². The van der Waals surface area contributed by atoms with Crippen LogP contribution in [0.5, 0.6) is 11.5 Å². The summed E-state index contributed by atoms with van der Waals surface area (Å²) in [5.74, 6) is 0.789. The Morgan fingerprint density at radius 3 is 2.65 bits per heavy atom. The minimum atomic E-state index is -0.301. The van der Waals surface area contributed by atoms with Crippen molar-refractivity contribution in [1.82, 2.24) is 5.32 Å². The minimum Gasteiger partial charge on any atom is -0.496 e. The molecule has 26 heavy (non-hydrogen) atoms. The van der Waals surface area contributed by atoms with E-state index in [-0.39, 0.29) is 18.3 Å². The molecule has 3 N–H and O–H groups in total. The molecule has 0 atom stereocenters. The van der Waals surface area contributed by atoms with Crippen LogP contribution in [0.1, 0.15) is 15.9 Å². The molecule has 0 unspecified atom stereocenters. The number of carbonyl (C=O) groups is 1. The molecule has 2 rings (SSSR count). The lowest BCUT2D eigenvalue weighted by Crippen LogP contribution is -2.23. The number of anilines is 1. The third-order valence-electron chi connectivity index (χ3n) is 3.47. The van der Waals surface area contributed by atoms with Crippen LogP contribution in [0.2, 0.25) is 5.02 Å². The monoisotopic (exact) mass is 400 g/mol. The second kappa shape index (κ2) is 10.8. The number of hydrogen-bond acceptors (Lipinski definition) is 5. The molecule has 0 heterocycles. The highest BCUT2D eigenvalue weighted by Crippen LogP contribution is 2.28. The van der Waals surface area contributed by atoms with Crippen molar-refractivity contribution in [3.63, 3.8) is 0 Å². The first-order valence-corrected chi connectivity index (χ1v) is 8.05. The number of ether oxygens (including phenoxy) is 3. The van der Waals surface area contributed by atoms with Gasteiger partial charge in [0, 0.05) is 19.7 Å². The van der Waals surface area contributed by atoms with Crippen molar-refractivity contribution in [1.29, 1.82) is 0 Å². The first-order chi connectivity index (χ1) is 12.0. The molecule has 0 fully saturated rings. The van der Waals surface area contributed by atoms with Gasteiger partial charge in [0.15, 0.2) is 0 Å². The van der Waals surface area contributed by atoms with E-state index in [0.717, 1.165) is 11.3 Å². The van der Waals surface area contributed by atoms with Gasteiger partial charge in [-0.25, -0.2) is 0 Å². The van der Waals surface area contributed by atoms with Crippen LogP contribution in [0.25, 0.3) is 0 Å². The summed E-state index contributed by atoms with van der Waals surface area (Å²) in [4.78, 5) is 12.4. The smallest absolute Gasteiger partial charge is 0.255 e. The zero-order chi connectivity index (χ0) is 18.2. The third kappa shape index (κ3) is 5.98. The molecular formula is C18H22Cl2N2O4. The highest BCUT2D eigenvalue weighted by molar-refractivity contribution is 6.33. The summed E-state index contributed by atoms with van der Waals surface area (Å²) in [6, 6.07) is 10.5. The molecule has 142 valence electrons. The third-order valence-corrected chi connectivity index (χ3v) is 3.80. The molecule has 0 aliphatic rings. The lowest BCUT2D eigenvalue weighted by Gasteiger charge is -2.12. The zero-order valence-electron chi connectivity index (χ0n) is 14.6. The maximum Gasteiger partial charge on any atom is 0.255 e. The fraction of sp³-hybridized carbons (Fsp3) is 0.278. The first-order valence-electron chi connectivity index (χ1n) is 7.67. The van der Waals surface area contributed by atoms with Crippen molar-refractivity contribution in [3.8, 4) is 11.5 Å². The van der Waals surface area contributed by atoms with E-state index >= 15 is 0 Å². The number of nitrogen functional groups attached to an aromatic ring is 1. The molecule has 2 aromatic carbocycles. The minimum absolute atomic E-state index is 0. The number of nitrogens with two attached hydrogens (primary N) is 1. The predicted octanol–water partition coefficient (Wildman–Crippen LogP) is 3.31. The van der Waals surface area contributed by atoms with E-state index in [1.807, 2.05) is 24.3 Å². The highest BCUT2D eigenvalue weighted by atomic mass is 35.5. The van der Waals surface area contributed by atoms with Crippen molar-refractivity contribution in [2.24, 2.45) is 0 Å². The summed E-state index contributed by atoms with van der Waals surface area (Å²) >= 11 is 6.00. The van der Waals surface area contributed by atoms with Crippen LogP contribution >= 0.6 is 24.0 Å². The Bertz CT molecular complexity index is 741.